The highest BCUT2D eigenvalue weighted by atomic mass is 16.6. The molecule has 0 saturated heterocycles. The summed E-state index contributed by atoms with van der Waals surface area (Å²) in [5.74, 6) is 0.195. The van der Waals surface area contributed by atoms with E-state index in [9.17, 15) is 19.8 Å². The van der Waals surface area contributed by atoms with Gasteiger partial charge in [-0.1, -0.05) is 133 Å². The molecular weight excluding hydrogens is 576 g/mol. The van der Waals surface area contributed by atoms with Crippen molar-refractivity contribution in [3.63, 3.8) is 0 Å². The zero-order valence-corrected chi connectivity index (χ0v) is 29.8. The summed E-state index contributed by atoms with van der Waals surface area (Å²) in [6, 6.07) is 0. The van der Waals surface area contributed by atoms with Crippen molar-refractivity contribution in [3.8, 4) is 0 Å². The molecule has 0 amide bonds. The molecule has 0 aromatic carbocycles. The Morgan fingerprint density at radius 3 is 1.61 bits per heavy atom. The summed E-state index contributed by atoms with van der Waals surface area (Å²) in [5, 5.41) is 18.8. The van der Waals surface area contributed by atoms with Gasteiger partial charge in [0.2, 0.25) is 0 Å². The SMILES string of the molecule is CCC(C)CCCCCCCCCCCCC(=O)OC[C@H](CO)OC(=O)CCC/C=C\C/C=C\C/C=C\C/C=C\CCC[C@H](C)O. The van der Waals surface area contributed by atoms with Crippen molar-refractivity contribution >= 4 is 11.9 Å². The number of esters is 2. The summed E-state index contributed by atoms with van der Waals surface area (Å²) in [7, 11) is 0. The third kappa shape index (κ3) is 33.2. The average molecular weight is 647 g/mol. The van der Waals surface area contributed by atoms with Gasteiger partial charge in [-0.25, -0.2) is 0 Å². The van der Waals surface area contributed by atoms with E-state index in [2.05, 4.69) is 62.5 Å². The van der Waals surface area contributed by atoms with Crippen LogP contribution in [0.4, 0.5) is 0 Å². The smallest absolute Gasteiger partial charge is 0.306 e. The maximum atomic E-state index is 12.1. The second-order valence-corrected chi connectivity index (χ2v) is 12.8. The minimum atomic E-state index is -0.807. The number of rotatable bonds is 32. The van der Waals surface area contributed by atoms with E-state index in [1.807, 2.05) is 6.92 Å². The Morgan fingerprint density at radius 2 is 1.09 bits per heavy atom. The van der Waals surface area contributed by atoms with Crippen molar-refractivity contribution in [1.29, 1.82) is 0 Å². The van der Waals surface area contributed by atoms with Crippen LogP contribution in [-0.2, 0) is 19.1 Å². The van der Waals surface area contributed by atoms with E-state index in [0.29, 0.717) is 12.8 Å². The number of carbonyl (C=O) groups is 2. The molecule has 0 rings (SSSR count). The van der Waals surface area contributed by atoms with E-state index in [0.717, 1.165) is 70.1 Å². The van der Waals surface area contributed by atoms with Crippen LogP contribution in [0.3, 0.4) is 0 Å². The number of carbonyl (C=O) groups excluding carboxylic acids is 2. The molecule has 3 atom stereocenters. The highest BCUT2D eigenvalue weighted by molar-refractivity contribution is 5.70. The summed E-state index contributed by atoms with van der Waals surface area (Å²) in [6.45, 7) is 5.99. The van der Waals surface area contributed by atoms with Crippen molar-refractivity contribution in [2.24, 2.45) is 5.92 Å². The number of aliphatic hydroxyl groups is 2. The van der Waals surface area contributed by atoms with Crippen LogP contribution < -0.4 is 0 Å². The second kappa shape index (κ2) is 34.2. The molecule has 0 aromatic heterocycles. The number of hydrogen-bond donors (Lipinski definition) is 2. The predicted molar refractivity (Wildman–Crippen MR) is 193 cm³/mol. The fourth-order valence-corrected chi connectivity index (χ4v) is 4.95. The first kappa shape index (κ1) is 43.8. The minimum Gasteiger partial charge on any atom is -0.462 e. The molecule has 0 fully saturated rings. The molecule has 266 valence electrons. The van der Waals surface area contributed by atoms with Gasteiger partial charge < -0.3 is 19.7 Å². The van der Waals surface area contributed by atoms with E-state index < -0.39 is 6.10 Å². The first-order valence-corrected chi connectivity index (χ1v) is 18.6. The van der Waals surface area contributed by atoms with Crippen LogP contribution in [0.2, 0.25) is 0 Å². The Hall–Kier alpha value is -2.18. The molecule has 1 unspecified atom stereocenters. The highest BCUT2D eigenvalue weighted by Crippen LogP contribution is 2.15. The lowest BCUT2D eigenvalue weighted by Gasteiger charge is -2.15. The summed E-state index contributed by atoms with van der Waals surface area (Å²) in [5.41, 5.74) is 0. The molecule has 0 aromatic rings. The lowest BCUT2D eigenvalue weighted by atomic mass is 9.99. The summed E-state index contributed by atoms with van der Waals surface area (Å²) >= 11 is 0. The molecule has 0 saturated carbocycles. The molecule has 2 N–H and O–H groups in total. The van der Waals surface area contributed by atoms with Crippen LogP contribution in [0.5, 0.6) is 0 Å². The molecule has 0 aliphatic heterocycles. The van der Waals surface area contributed by atoms with Crippen LogP contribution in [0.1, 0.15) is 162 Å². The molecule has 0 heterocycles. The molecule has 46 heavy (non-hydrogen) atoms. The van der Waals surface area contributed by atoms with Crippen molar-refractivity contribution < 1.29 is 29.3 Å². The van der Waals surface area contributed by atoms with Crippen molar-refractivity contribution in [2.75, 3.05) is 13.2 Å². The summed E-state index contributed by atoms with van der Waals surface area (Å²) in [4.78, 5) is 24.2. The van der Waals surface area contributed by atoms with E-state index in [1.54, 1.807) is 0 Å². The molecular formula is C40H70O6. The molecule has 6 nitrogen and oxygen atoms in total. The molecule has 0 bridgehead atoms. The van der Waals surface area contributed by atoms with E-state index in [-0.39, 0.29) is 37.7 Å². The van der Waals surface area contributed by atoms with Gasteiger partial charge in [0.15, 0.2) is 6.10 Å². The summed E-state index contributed by atoms with van der Waals surface area (Å²) < 4.78 is 10.5. The maximum absolute atomic E-state index is 12.1. The van der Waals surface area contributed by atoms with Gasteiger partial charge in [0.25, 0.3) is 0 Å². The molecule has 0 aliphatic rings. The molecule has 0 radical (unpaired) electrons. The third-order valence-corrected chi connectivity index (χ3v) is 8.18. The van der Waals surface area contributed by atoms with Gasteiger partial charge in [0.05, 0.1) is 12.7 Å². The number of allylic oxidation sites excluding steroid dienone is 8. The molecule has 0 spiro atoms. The van der Waals surface area contributed by atoms with Crippen LogP contribution >= 0.6 is 0 Å². The van der Waals surface area contributed by atoms with Crippen LogP contribution in [0, 0.1) is 5.92 Å². The minimum absolute atomic E-state index is 0.0959. The Kier molecular flexibility index (Phi) is 32.5. The number of unbranched alkanes of at least 4 members (excludes halogenated alkanes) is 11. The highest BCUT2D eigenvalue weighted by Gasteiger charge is 2.16. The van der Waals surface area contributed by atoms with E-state index in [4.69, 9.17) is 9.47 Å². The third-order valence-electron chi connectivity index (χ3n) is 8.18. The van der Waals surface area contributed by atoms with E-state index >= 15 is 0 Å². The maximum Gasteiger partial charge on any atom is 0.306 e. The Labute approximate surface area is 282 Å². The zero-order valence-electron chi connectivity index (χ0n) is 29.8. The standard InChI is InChI=1S/C40H70O6/c1-4-36(2)30-26-22-18-14-12-13-16-20-24-28-32-39(43)45-35-38(34-41)46-40(44)33-29-25-21-17-11-9-7-5-6-8-10-15-19-23-27-31-37(3)42/h6-9,15,17,19,21,36-38,41-42H,4-5,10-14,16,18,20,22-35H2,1-3H3/b8-6-,9-7-,19-15-,21-17-/t36?,37-,38-/m0/s1. The Morgan fingerprint density at radius 1 is 0.609 bits per heavy atom. The monoisotopic (exact) mass is 647 g/mol. The number of aliphatic hydroxyl groups excluding tert-OH is 2. The molecule has 6 heteroatoms. The lowest BCUT2D eigenvalue weighted by molar-refractivity contribution is -0.161. The van der Waals surface area contributed by atoms with Gasteiger partial charge in [0.1, 0.15) is 6.61 Å². The normalized spacial score (nSPS) is 14.1. The van der Waals surface area contributed by atoms with Crippen molar-refractivity contribution in [3.05, 3.63) is 48.6 Å². The molecule has 0 aliphatic carbocycles. The quantitative estimate of drug-likeness (QED) is 0.0429. The fraction of sp³-hybridized carbons (Fsp3) is 0.750. The Balaban J connectivity index is 3.70. The summed E-state index contributed by atoms with van der Waals surface area (Å²) in [6.07, 6.45) is 38.7. The van der Waals surface area contributed by atoms with Crippen LogP contribution in [0.15, 0.2) is 48.6 Å². The van der Waals surface area contributed by atoms with Gasteiger partial charge in [-0.05, 0) is 70.6 Å². The van der Waals surface area contributed by atoms with E-state index in [1.165, 1.54) is 57.8 Å². The second-order valence-electron chi connectivity index (χ2n) is 12.8. The lowest BCUT2D eigenvalue weighted by Crippen LogP contribution is -2.28. The topological polar surface area (TPSA) is 93.1 Å². The fourth-order valence-electron chi connectivity index (χ4n) is 4.95. The van der Waals surface area contributed by atoms with Crippen molar-refractivity contribution in [2.45, 2.75) is 174 Å². The predicted octanol–water partition coefficient (Wildman–Crippen LogP) is 10.3. The Bertz CT molecular complexity index is 813. The van der Waals surface area contributed by atoms with Gasteiger partial charge in [0, 0.05) is 12.8 Å². The van der Waals surface area contributed by atoms with Gasteiger partial charge >= 0.3 is 11.9 Å². The van der Waals surface area contributed by atoms with Crippen molar-refractivity contribution in [1.82, 2.24) is 0 Å². The average Bonchev–Trinajstić information content (AvgIpc) is 3.04. The van der Waals surface area contributed by atoms with Crippen LogP contribution in [-0.4, -0.2) is 47.6 Å². The first-order valence-electron chi connectivity index (χ1n) is 18.6. The van der Waals surface area contributed by atoms with Gasteiger partial charge in [-0.3, -0.25) is 9.59 Å². The number of hydrogen-bond acceptors (Lipinski definition) is 6. The van der Waals surface area contributed by atoms with Gasteiger partial charge in [-0.15, -0.1) is 0 Å². The van der Waals surface area contributed by atoms with Crippen LogP contribution in [0.25, 0.3) is 0 Å². The van der Waals surface area contributed by atoms with Gasteiger partial charge in [-0.2, -0.15) is 0 Å². The number of ether oxygens (including phenoxy) is 2. The first-order chi connectivity index (χ1) is 22.4. The zero-order chi connectivity index (χ0) is 33.9. The largest absolute Gasteiger partial charge is 0.462 e.